The molecule has 0 saturated carbocycles. The van der Waals surface area contributed by atoms with Gasteiger partial charge in [-0.15, -0.1) is 12.4 Å². The van der Waals surface area contributed by atoms with Crippen LogP contribution in [0.5, 0.6) is 0 Å². The lowest BCUT2D eigenvalue weighted by Gasteiger charge is -2.29. The van der Waals surface area contributed by atoms with Gasteiger partial charge in [0.25, 0.3) is 5.91 Å². The first kappa shape index (κ1) is 17.8. The van der Waals surface area contributed by atoms with Gasteiger partial charge in [-0.05, 0) is 43.6 Å². The van der Waals surface area contributed by atoms with Crippen molar-refractivity contribution in [3.63, 3.8) is 0 Å². The summed E-state index contributed by atoms with van der Waals surface area (Å²) >= 11 is 5.88. The zero-order chi connectivity index (χ0) is 15.5. The number of benzene rings is 1. The largest absolute Gasteiger partial charge is 0.348 e. The molecule has 2 heterocycles. The van der Waals surface area contributed by atoms with Crippen molar-refractivity contribution in [1.29, 1.82) is 0 Å². The van der Waals surface area contributed by atoms with Crippen molar-refractivity contribution < 1.29 is 4.79 Å². The fourth-order valence-corrected chi connectivity index (χ4v) is 2.81. The number of piperidine rings is 1. The van der Waals surface area contributed by atoms with Crippen LogP contribution in [-0.2, 0) is 0 Å². The fraction of sp³-hybridized carbons (Fsp3) is 0.375. The van der Waals surface area contributed by atoms with Crippen molar-refractivity contribution in [2.45, 2.75) is 19.4 Å². The number of nitrogens with one attached hydrogen (secondary N) is 3. The van der Waals surface area contributed by atoms with E-state index in [4.69, 9.17) is 11.6 Å². The van der Waals surface area contributed by atoms with E-state index in [9.17, 15) is 4.79 Å². The van der Waals surface area contributed by atoms with Crippen LogP contribution >= 0.6 is 24.0 Å². The molecular formula is C16H20Cl2N4O. The topological polar surface area (TPSA) is 69.8 Å². The van der Waals surface area contributed by atoms with Crippen molar-refractivity contribution in [2.75, 3.05) is 13.1 Å². The van der Waals surface area contributed by atoms with Gasteiger partial charge in [-0.2, -0.15) is 5.10 Å². The van der Waals surface area contributed by atoms with Gasteiger partial charge < -0.3 is 10.6 Å². The summed E-state index contributed by atoms with van der Waals surface area (Å²) in [6.45, 7) is 4.02. The predicted octanol–water partition coefficient (Wildman–Crippen LogP) is 2.88. The molecular weight excluding hydrogens is 335 g/mol. The molecule has 0 aliphatic carbocycles. The lowest BCUT2D eigenvalue weighted by atomic mass is 9.95. The van der Waals surface area contributed by atoms with Crippen LogP contribution < -0.4 is 10.6 Å². The summed E-state index contributed by atoms with van der Waals surface area (Å²) < 4.78 is 0. The van der Waals surface area contributed by atoms with E-state index in [2.05, 4.69) is 27.8 Å². The number of aromatic amines is 1. The summed E-state index contributed by atoms with van der Waals surface area (Å²) in [6.07, 6.45) is 0.949. The van der Waals surface area contributed by atoms with Crippen LogP contribution in [0.2, 0.25) is 5.02 Å². The molecule has 0 spiro atoms. The predicted molar refractivity (Wildman–Crippen MR) is 94.2 cm³/mol. The molecule has 23 heavy (non-hydrogen) atoms. The average molecular weight is 355 g/mol. The minimum atomic E-state index is -0.105. The van der Waals surface area contributed by atoms with Crippen molar-refractivity contribution in [2.24, 2.45) is 5.92 Å². The first-order valence-corrected chi connectivity index (χ1v) is 7.84. The van der Waals surface area contributed by atoms with Crippen LogP contribution in [0.4, 0.5) is 0 Å². The van der Waals surface area contributed by atoms with Crippen molar-refractivity contribution in [3.05, 3.63) is 41.0 Å². The maximum atomic E-state index is 12.3. The molecule has 2 aromatic rings. The highest BCUT2D eigenvalue weighted by atomic mass is 35.5. The number of aromatic nitrogens is 2. The van der Waals surface area contributed by atoms with Gasteiger partial charge in [-0.1, -0.05) is 30.7 Å². The van der Waals surface area contributed by atoms with E-state index in [1.54, 1.807) is 6.07 Å². The number of carbonyl (C=O) groups is 1. The highest BCUT2D eigenvalue weighted by molar-refractivity contribution is 6.30. The Morgan fingerprint density at radius 3 is 2.78 bits per heavy atom. The first-order chi connectivity index (χ1) is 10.6. The summed E-state index contributed by atoms with van der Waals surface area (Å²) in [5.74, 6) is 0.322. The van der Waals surface area contributed by atoms with Crippen LogP contribution in [0.25, 0.3) is 11.3 Å². The molecule has 0 bridgehead atoms. The summed E-state index contributed by atoms with van der Waals surface area (Å²) in [6, 6.07) is 9.36. The fourth-order valence-electron chi connectivity index (χ4n) is 2.68. The zero-order valence-corrected chi connectivity index (χ0v) is 14.4. The lowest BCUT2D eigenvalue weighted by Crippen LogP contribution is -2.48. The van der Waals surface area contributed by atoms with E-state index >= 15 is 0 Å². The number of H-pyrrole nitrogens is 1. The zero-order valence-electron chi connectivity index (χ0n) is 12.8. The van der Waals surface area contributed by atoms with Gasteiger partial charge in [0.2, 0.25) is 0 Å². The average Bonchev–Trinajstić information content (AvgIpc) is 3.00. The maximum Gasteiger partial charge on any atom is 0.269 e. The standard InChI is InChI=1S/C16H19ClN4O.ClH/c1-10-9-18-7-6-13(10)19-16(22)15-8-14(20-21-15)11-2-4-12(17)5-3-11;/h2-5,8,10,13,18H,6-7,9H2,1H3,(H,19,22)(H,20,21);1H. The van der Waals surface area contributed by atoms with Crippen molar-refractivity contribution >= 4 is 29.9 Å². The second kappa shape index (κ2) is 7.81. The summed E-state index contributed by atoms with van der Waals surface area (Å²) in [5, 5.41) is 14.1. The van der Waals surface area contributed by atoms with Gasteiger partial charge in [0.05, 0.1) is 5.69 Å². The van der Waals surface area contributed by atoms with E-state index in [1.165, 1.54) is 0 Å². The number of carbonyl (C=O) groups excluding carboxylic acids is 1. The number of rotatable bonds is 3. The number of nitrogens with zero attached hydrogens (tertiary/aromatic N) is 1. The highest BCUT2D eigenvalue weighted by Crippen LogP contribution is 2.20. The lowest BCUT2D eigenvalue weighted by molar-refractivity contribution is 0.0909. The molecule has 1 amide bonds. The van der Waals surface area contributed by atoms with E-state index in [1.807, 2.05) is 24.3 Å². The van der Waals surface area contributed by atoms with Gasteiger partial charge in [0.1, 0.15) is 5.69 Å². The summed E-state index contributed by atoms with van der Waals surface area (Å²) in [4.78, 5) is 12.3. The molecule has 2 atom stereocenters. The third-order valence-corrected chi connectivity index (χ3v) is 4.32. The van der Waals surface area contributed by atoms with Crippen molar-refractivity contribution in [3.8, 4) is 11.3 Å². The Balaban J connectivity index is 0.00000192. The molecule has 0 radical (unpaired) electrons. The Morgan fingerprint density at radius 1 is 1.35 bits per heavy atom. The first-order valence-electron chi connectivity index (χ1n) is 7.46. The molecule has 1 fully saturated rings. The van der Waals surface area contributed by atoms with Crippen LogP contribution in [0.3, 0.4) is 0 Å². The SMILES string of the molecule is CC1CNCCC1NC(=O)c1cc(-c2ccc(Cl)cc2)n[nH]1.Cl. The number of amides is 1. The molecule has 2 unspecified atom stereocenters. The molecule has 1 aromatic heterocycles. The highest BCUT2D eigenvalue weighted by Gasteiger charge is 2.23. The van der Waals surface area contributed by atoms with Gasteiger partial charge >= 0.3 is 0 Å². The second-order valence-corrected chi connectivity index (χ2v) is 6.16. The van der Waals surface area contributed by atoms with Gasteiger partial charge in [0.15, 0.2) is 0 Å². The third kappa shape index (κ3) is 4.25. The molecule has 124 valence electrons. The molecule has 7 heteroatoms. The third-order valence-electron chi connectivity index (χ3n) is 4.06. The van der Waals surface area contributed by atoms with Gasteiger partial charge in [-0.25, -0.2) is 0 Å². The number of halogens is 2. The van der Waals surface area contributed by atoms with E-state index in [0.29, 0.717) is 16.6 Å². The van der Waals surface area contributed by atoms with E-state index in [0.717, 1.165) is 30.8 Å². The molecule has 3 rings (SSSR count). The van der Waals surface area contributed by atoms with Gasteiger partial charge in [-0.3, -0.25) is 9.89 Å². The van der Waals surface area contributed by atoms with E-state index in [-0.39, 0.29) is 24.4 Å². The molecule has 1 aromatic carbocycles. The Bertz CT molecular complexity index is 656. The molecule has 1 saturated heterocycles. The molecule has 3 N–H and O–H groups in total. The van der Waals surface area contributed by atoms with Crippen LogP contribution in [0.1, 0.15) is 23.8 Å². The van der Waals surface area contributed by atoms with Crippen LogP contribution in [-0.4, -0.2) is 35.2 Å². The quantitative estimate of drug-likeness (QED) is 0.793. The summed E-state index contributed by atoms with van der Waals surface area (Å²) in [7, 11) is 0. The normalized spacial score (nSPS) is 20.6. The monoisotopic (exact) mass is 354 g/mol. The number of hydrogen-bond donors (Lipinski definition) is 3. The van der Waals surface area contributed by atoms with Crippen molar-refractivity contribution in [1.82, 2.24) is 20.8 Å². The second-order valence-electron chi connectivity index (χ2n) is 5.72. The Morgan fingerprint density at radius 2 is 2.09 bits per heavy atom. The number of hydrogen-bond acceptors (Lipinski definition) is 3. The summed E-state index contributed by atoms with van der Waals surface area (Å²) in [5.41, 5.74) is 2.14. The molecule has 1 aliphatic heterocycles. The van der Waals surface area contributed by atoms with Gasteiger partial charge in [0, 0.05) is 16.6 Å². The smallest absolute Gasteiger partial charge is 0.269 e. The Labute approximate surface area is 146 Å². The minimum Gasteiger partial charge on any atom is -0.348 e. The minimum absolute atomic E-state index is 0. The molecule has 1 aliphatic rings. The Kier molecular flexibility index (Phi) is 6.04. The van der Waals surface area contributed by atoms with Crippen LogP contribution in [0.15, 0.2) is 30.3 Å². The van der Waals surface area contributed by atoms with E-state index < -0.39 is 0 Å². The molecule has 5 nitrogen and oxygen atoms in total. The Hall–Kier alpha value is -1.56. The maximum absolute atomic E-state index is 12.3. The van der Waals surface area contributed by atoms with Crippen LogP contribution in [0, 0.1) is 5.92 Å².